The summed E-state index contributed by atoms with van der Waals surface area (Å²) in [6.45, 7) is 2.10. The zero-order valence-electron chi connectivity index (χ0n) is 15.0. The Morgan fingerprint density at radius 2 is 2.00 bits per heavy atom. The van der Waals surface area contributed by atoms with Crippen LogP contribution in [0.2, 0.25) is 0 Å². The fourth-order valence-corrected chi connectivity index (χ4v) is 3.08. The first-order valence-electron chi connectivity index (χ1n) is 8.39. The van der Waals surface area contributed by atoms with Crippen LogP contribution in [0.15, 0.2) is 59.9 Å². The number of fused-ring (bicyclic) bond motifs is 1. The third-order valence-electron chi connectivity index (χ3n) is 3.78. The number of anilines is 1. The summed E-state index contributed by atoms with van der Waals surface area (Å²) in [5.41, 5.74) is 2.62. The van der Waals surface area contributed by atoms with Crippen molar-refractivity contribution in [2.24, 2.45) is 0 Å². The van der Waals surface area contributed by atoms with Gasteiger partial charge >= 0.3 is 5.97 Å². The lowest BCUT2D eigenvalue weighted by molar-refractivity contribution is -0.137. The molecule has 2 aromatic heterocycles. The summed E-state index contributed by atoms with van der Waals surface area (Å²) >= 11 is 1.48. The van der Waals surface area contributed by atoms with Crippen LogP contribution in [0, 0.1) is 0 Å². The standard InChI is InChI=1S/C20H19N3O3S/c1-3-26-17(24)12-9-14-7-10-15(11-8-14)21-19(25)18-16-6-4-5-13-23(16)20(22-18)27-2/h4-13H,3H2,1-2H3,(H,21,25). The summed E-state index contributed by atoms with van der Waals surface area (Å²) in [5, 5.41) is 3.62. The van der Waals surface area contributed by atoms with E-state index < -0.39 is 0 Å². The van der Waals surface area contributed by atoms with Crippen LogP contribution in [0.25, 0.3) is 11.6 Å². The highest BCUT2D eigenvalue weighted by atomic mass is 32.2. The molecule has 6 nitrogen and oxygen atoms in total. The highest BCUT2D eigenvalue weighted by Crippen LogP contribution is 2.21. The number of thioether (sulfide) groups is 1. The van der Waals surface area contributed by atoms with E-state index in [0.29, 0.717) is 18.0 Å². The number of ether oxygens (including phenoxy) is 1. The summed E-state index contributed by atoms with van der Waals surface area (Å²) in [5.74, 6) is -0.653. The maximum atomic E-state index is 12.7. The van der Waals surface area contributed by atoms with E-state index in [2.05, 4.69) is 10.3 Å². The van der Waals surface area contributed by atoms with Gasteiger partial charge in [0.15, 0.2) is 10.9 Å². The Labute approximate surface area is 161 Å². The summed E-state index contributed by atoms with van der Waals surface area (Å²) < 4.78 is 6.73. The Kier molecular flexibility index (Phi) is 5.93. The molecular formula is C20H19N3O3S. The van der Waals surface area contributed by atoms with Crippen LogP contribution in [0.3, 0.4) is 0 Å². The van der Waals surface area contributed by atoms with Crippen LogP contribution in [0.4, 0.5) is 5.69 Å². The van der Waals surface area contributed by atoms with Crippen molar-refractivity contribution in [1.29, 1.82) is 0 Å². The van der Waals surface area contributed by atoms with Crippen LogP contribution >= 0.6 is 11.8 Å². The Hall–Kier alpha value is -3.06. The van der Waals surface area contributed by atoms with Gasteiger partial charge in [0.2, 0.25) is 0 Å². The molecule has 3 aromatic rings. The third kappa shape index (κ3) is 4.38. The molecule has 0 aliphatic rings. The van der Waals surface area contributed by atoms with E-state index >= 15 is 0 Å². The van der Waals surface area contributed by atoms with Crippen molar-refractivity contribution in [1.82, 2.24) is 9.38 Å². The molecule has 3 rings (SSSR count). The number of pyridine rings is 1. The zero-order valence-corrected chi connectivity index (χ0v) is 15.8. The Balaban J connectivity index is 1.74. The lowest BCUT2D eigenvalue weighted by Gasteiger charge is -2.04. The normalized spacial score (nSPS) is 11.0. The third-order valence-corrected chi connectivity index (χ3v) is 4.43. The van der Waals surface area contributed by atoms with Crippen molar-refractivity contribution >= 4 is 40.9 Å². The topological polar surface area (TPSA) is 72.7 Å². The summed E-state index contributed by atoms with van der Waals surface area (Å²) in [6, 6.07) is 12.8. The number of benzene rings is 1. The second-order valence-electron chi connectivity index (χ2n) is 5.56. The molecule has 27 heavy (non-hydrogen) atoms. The number of nitrogens with one attached hydrogen (secondary N) is 1. The van der Waals surface area contributed by atoms with Crippen LogP contribution < -0.4 is 5.32 Å². The minimum Gasteiger partial charge on any atom is -0.463 e. The molecule has 1 N–H and O–H groups in total. The van der Waals surface area contributed by atoms with Gasteiger partial charge in [0.05, 0.1) is 12.1 Å². The number of amides is 1. The van der Waals surface area contributed by atoms with E-state index in [9.17, 15) is 9.59 Å². The lowest BCUT2D eigenvalue weighted by Crippen LogP contribution is -2.12. The number of carbonyl (C=O) groups is 2. The monoisotopic (exact) mass is 381 g/mol. The molecule has 0 aliphatic carbocycles. The van der Waals surface area contributed by atoms with Crippen LogP contribution in [-0.2, 0) is 9.53 Å². The first-order valence-corrected chi connectivity index (χ1v) is 9.62. The molecule has 0 aliphatic heterocycles. The van der Waals surface area contributed by atoms with E-state index in [1.807, 2.05) is 47.2 Å². The molecule has 138 valence electrons. The fourth-order valence-electron chi connectivity index (χ4n) is 2.54. The highest BCUT2D eigenvalue weighted by molar-refractivity contribution is 7.98. The van der Waals surface area contributed by atoms with Gasteiger partial charge in [0.25, 0.3) is 5.91 Å². The van der Waals surface area contributed by atoms with Crippen molar-refractivity contribution < 1.29 is 14.3 Å². The van der Waals surface area contributed by atoms with Gasteiger partial charge < -0.3 is 10.1 Å². The minimum absolute atomic E-state index is 0.270. The first kappa shape index (κ1) is 18.7. The largest absolute Gasteiger partial charge is 0.463 e. The van der Waals surface area contributed by atoms with Gasteiger partial charge in [-0.15, -0.1) is 0 Å². The molecule has 0 atom stereocenters. The van der Waals surface area contributed by atoms with E-state index in [4.69, 9.17) is 4.74 Å². The van der Waals surface area contributed by atoms with Gasteiger partial charge in [-0.2, -0.15) is 0 Å². The van der Waals surface area contributed by atoms with Gasteiger partial charge in [0.1, 0.15) is 0 Å². The molecular weight excluding hydrogens is 362 g/mol. The number of esters is 1. The summed E-state index contributed by atoms with van der Waals surface area (Å²) in [7, 11) is 0. The Bertz CT molecular complexity index is 993. The van der Waals surface area contributed by atoms with Crippen LogP contribution in [0.5, 0.6) is 0 Å². The maximum absolute atomic E-state index is 12.7. The molecule has 0 saturated heterocycles. The van der Waals surface area contributed by atoms with Crippen LogP contribution in [0.1, 0.15) is 23.0 Å². The molecule has 0 fully saturated rings. The number of hydrogen-bond acceptors (Lipinski definition) is 5. The van der Waals surface area contributed by atoms with E-state index in [-0.39, 0.29) is 11.9 Å². The predicted octanol–water partition coefficient (Wildman–Crippen LogP) is 3.88. The number of hydrogen-bond donors (Lipinski definition) is 1. The van der Waals surface area contributed by atoms with Gasteiger partial charge in [-0.1, -0.05) is 30.0 Å². The summed E-state index contributed by atoms with van der Waals surface area (Å²) in [6.07, 6.45) is 6.84. The van der Waals surface area contributed by atoms with Crippen molar-refractivity contribution in [3.63, 3.8) is 0 Å². The lowest BCUT2D eigenvalue weighted by atomic mass is 10.2. The number of nitrogens with zero attached hydrogens (tertiary/aromatic N) is 2. The molecule has 0 unspecified atom stereocenters. The molecule has 0 saturated carbocycles. The molecule has 7 heteroatoms. The van der Waals surface area contributed by atoms with E-state index in [1.54, 1.807) is 25.1 Å². The average Bonchev–Trinajstić information content (AvgIpc) is 3.07. The molecule has 0 spiro atoms. The fraction of sp³-hybridized carbons (Fsp3) is 0.150. The van der Waals surface area contributed by atoms with Crippen molar-refractivity contribution in [2.75, 3.05) is 18.2 Å². The number of aromatic nitrogens is 2. The molecule has 0 bridgehead atoms. The smallest absolute Gasteiger partial charge is 0.330 e. The van der Waals surface area contributed by atoms with Gasteiger partial charge in [-0.25, -0.2) is 9.78 Å². The van der Waals surface area contributed by atoms with Crippen LogP contribution in [-0.4, -0.2) is 34.1 Å². The quantitative estimate of drug-likeness (QED) is 0.398. The summed E-state index contributed by atoms with van der Waals surface area (Å²) in [4.78, 5) is 28.4. The number of rotatable bonds is 6. The SMILES string of the molecule is CCOC(=O)C=Cc1ccc(NC(=O)c2nc(SC)n3ccccc23)cc1. The Morgan fingerprint density at radius 1 is 1.22 bits per heavy atom. The predicted molar refractivity (Wildman–Crippen MR) is 107 cm³/mol. The maximum Gasteiger partial charge on any atom is 0.330 e. The van der Waals surface area contributed by atoms with Crippen molar-refractivity contribution in [3.05, 3.63) is 66.0 Å². The Morgan fingerprint density at radius 3 is 2.70 bits per heavy atom. The number of carbonyl (C=O) groups excluding carboxylic acids is 2. The zero-order chi connectivity index (χ0) is 19.2. The van der Waals surface area contributed by atoms with Gasteiger partial charge in [-0.3, -0.25) is 9.20 Å². The second kappa shape index (κ2) is 8.55. The first-order chi connectivity index (χ1) is 13.1. The molecule has 2 heterocycles. The minimum atomic E-state index is -0.383. The second-order valence-corrected chi connectivity index (χ2v) is 6.34. The van der Waals surface area contributed by atoms with Gasteiger partial charge in [-0.05, 0) is 49.1 Å². The van der Waals surface area contributed by atoms with Gasteiger partial charge in [0, 0.05) is 18.0 Å². The molecule has 1 amide bonds. The van der Waals surface area contributed by atoms with Crippen molar-refractivity contribution in [2.45, 2.75) is 12.1 Å². The highest BCUT2D eigenvalue weighted by Gasteiger charge is 2.16. The van der Waals surface area contributed by atoms with Crippen molar-refractivity contribution in [3.8, 4) is 0 Å². The van der Waals surface area contributed by atoms with E-state index in [0.717, 1.165) is 16.2 Å². The van der Waals surface area contributed by atoms with E-state index in [1.165, 1.54) is 17.8 Å². The number of imidazole rings is 1. The molecule has 1 aromatic carbocycles. The average molecular weight is 381 g/mol. The molecule has 0 radical (unpaired) electrons.